The van der Waals surface area contributed by atoms with Gasteiger partial charge in [0.1, 0.15) is 17.3 Å². The molecule has 21 heavy (non-hydrogen) atoms. The lowest BCUT2D eigenvalue weighted by atomic mass is 10.3. The van der Waals surface area contributed by atoms with E-state index in [0.29, 0.717) is 18.2 Å². The maximum absolute atomic E-state index is 11.8. The van der Waals surface area contributed by atoms with Crippen LogP contribution < -0.4 is 14.8 Å². The molecule has 0 fully saturated rings. The highest BCUT2D eigenvalue weighted by Crippen LogP contribution is 2.17. The van der Waals surface area contributed by atoms with E-state index in [4.69, 9.17) is 9.47 Å². The molecule has 2 rings (SSSR count). The molecule has 1 heterocycles. The molecule has 5 heteroatoms. The third-order valence-corrected chi connectivity index (χ3v) is 2.66. The monoisotopic (exact) mass is 286 g/mol. The molecule has 110 valence electrons. The predicted molar refractivity (Wildman–Crippen MR) is 80.7 cm³/mol. The van der Waals surface area contributed by atoms with Crippen molar-refractivity contribution in [2.45, 2.75) is 13.8 Å². The Hall–Kier alpha value is -2.56. The molecule has 0 aliphatic rings. The quantitative estimate of drug-likeness (QED) is 0.887. The van der Waals surface area contributed by atoms with Crippen LogP contribution in [0.25, 0.3) is 0 Å². The van der Waals surface area contributed by atoms with Crippen LogP contribution in [-0.4, -0.2) is 24.1 Å². The summed E-state index contributed by atoms with van der Waals surface area (Å²) in [5.74, 6) is 1.67. The summed E-state index contributed by atoms with van der Waals surface area (Å²) in [4.78, 5) is 16.0. The zero-order chi connectivity index (χ0) is 15.1. The van der Waals surface area contributed by atoms with Crippen LogP contribution in [0.5, 0.6) is 11.5 Å². The SMILES string of the molecule is CCOc1ccc(OCC(=O)Nc2cccc(C)n2)cc1. The van der Waals surface area contributed by atoms with Crippen molar-refractivity contribution in [2.24, 2.45) is 0 Å². The molecule has 5 nitrogen and oxygen atoms in total. The molecule has 0 atom stereocenters. The molecule has 0 aliphatic heterocycles. The van der Waals surface area contributed by atoms with Gasteiger partial charge in [-0.2, -0.15) is 0 Å². The van der Waals surface area contributed by atoms with Gasteiger partial charge in [0, 0.05) is 5.69 Å². The number of pyridine rings is 1. The van der Waals surface area contributed by atoms with Gasteiger partial charge in [-0.1, -0.05) is 6.07 Å². The summed E-state index contributed by atoms with van der Waals surface area (Å²) in [5.41, 5.74) is 0.847. The Bertz CT molecular complexity index is 597. The number of nitrogens with one attached hydrogen (secondary N) is 1. The molecule has 1 aromatic heterocycles. The van der Waals surface area contributed by atoms with Crippen molar-refractivity contribution in [3.63, 3.8) is 0 Å². The van der Waals surface area contributed by atoms with E-state index in [1.54, 1.807) is 30.3 Å². The second-order valence-electron chi connectivity index (χ2n) is 4.41. The molecular formula is C16H18N2O3. The van der Waals surface area contributed by atoms with Gasteiger partial charge in [0.05, 0.1) is 6.61 Å². The van der Waals surface area contributed by atoms with Gasteiger partial charge < -0.3 is 14.8 Å². The standard InChI is InChI=1S/C16H18N2O3/c1-3-20-13-7-9-14(10-8-13)21-11-16(19)18-15-6-4-5-12(2)17-15/h4-10H,3,11H2,1-2H3,(H,17,18,19). The van der Waals surface area contributed by atoms with Gasteiger partial charge in [0.2, 0.25) is 0 Å². The molecule has 0 saturated heterocycles. The summed E-state index contributed by atoms with van der Waals surface area (Å²) in [7, 11) is 0. The summed E-state index contributed by atoms with van der Waals surface area (Å²) in [6.45, 7) is 4.34. The number of benzene rings is 1. The van der Waals surface area contributed by atoms with Crippen LogP contribution in [0.3, 0.4) is 0 Å². The van der Waals surface area contributed by atoms with E-state index in [-0.39, 0.29) is 12.5 Å². The lowest BCUT2D eigenvalue weighted by Gasteiger charge is -2.08. The largest absolute Gasteiger partial charge is 0.494 e. The molecular weight excluding hydrogens is 268 g/mol. The number of nitrogens with zero attached hydrogens (tertiary/aromatic N) is 1. The first-order valence-corrected chi connectivity index (χ1v) is 6.76. The number of hydrogen-bond acceptors (Lipinski definition) is 4. The Labute approximate surface area is 123 Å². The minimum atomic E-state index is -0.248. The second kappa shape index (κ2) is 7.28. The molecule has 0 aliphatic carbocycles. The van der Waals surface area contributed by atoms with Crippen LogP contribution in [0.2, 0.25) is 0 Å². The average molecular weight is 286 g/mol. The molecule has 1 N–H and O–H groups in total. The van der Waals surface area contributed by atoms with Crippen LogP contribution in [0.15, 0.2) is 42.5 Å². The van der Waals surface area contributed by atoms with Gasteiger partial charge in [-0.3, -0.25) is 4.79 Å². The maximum atomic E-state index is 11.8. The molecule has 1 aromatic carbocycles. The van der Waals surface area contributed by atoms with Gasteiger partial charge in [-0.05, 0) is 50.2 Å². The van der Waals surface area contributed by atoms with Crippen molar-refractivity contribution in [2.75, 3.05) is 18.5 Å². The van der Waals surface area contributed by atoms with Crippen LogP contribution in [0.4, 0.5) is 5.82 Å². The minimum Gasteiger partial charge on any atom is -0.494 e. The van der Waals surface area contributed by atoms with Crippen molar-refractivity contribution in [3.8, 4) is 11.5 Å². The molecule has 0 unspecified atom stereocenters. The van der Waals surface area contributed by atoms with Crippen LogP contribution in [0.1, 0.15) is 12.6 Å². The summed E-state index contributed by atoms with van der Waals surface area (Å²) >= 11 is 0. The molecule has 2 aromatic rings. The predicted octanol–water partition coefficient (Wildman–Crippen LogP) is 2.81. The number of amides is 1. The Morgan fingerprint density at radius 1 is 1.10 bits per heavy atom. The van der Waals surface area contributed by atoms with E-state index < -0.39 is 0 Å². The summed E-state index contributed by atoms with van der Waals surface area (Å²) in [6.07, 6.45) is 0. The zero-order valence-electron chi connectivity index (χ0n) is 12.1. The van der Waals surface area contributed by atoms with E-state index >= 15 is 0 Å². The number of rotatable bonds is 6. The van der Waals surface area contributed by atoms with Crippen molar-refractivity contribution in [3.05, 3.63) is 48.2 Å². The third kappa shape index (κ3) is 4.80. The summed E-state index contributed by atoms with van der Waals surface area (Å²) in [6, 6.07) is 12.6. The highest BCUT2D eigenvalue weighted by Gasteiger charge is 2.05. The fourth-order valence-electron chi connectivity index (χ4n) is 1.74. The fourth-order valence-corrected chi connectivity index (χ4v) is 1.74. The summed E-state index contributed by atoms with van der Waals surface area (Å²) < 4.78 is 10.7. The lowest BCUT2D eigenvalue weighted by molar-refractivity contribution is -0.118. The van der Waals surface area contributed by atoms with Crippen molar-refractivity contribution < 1.29 is 14.3 Å². The van der Waals surface area contributed by atoms with Crippen molar-refractivity contribution in [1.82, 2.24) is 4.98 Å². The number of hydrogen-bond donors (Lipinski definition) is 1. The number of carbonyl (C=O) groups is 1. The average Bonchev–Trinajstić information content (AvgIpc) is 2.47. The van der Waals surface area contributed by atoms with Gasteiger partial charge in [0.25, 0.3) is 5.91 Å². The van der Waals surface area contributed by atoms with E-state index in [2.05, 4.69) is 10.3 Å². The minimum absolute atomic E-state index is 0.0659. The van der Waals surface area contributed by atoms with Crippen molar-refractivity contribution >= 4 is 11.7 Å². The first-order chi connectivity index (χ1) is 10.2. The number of aryl methyl sites for hydroxylation is 1. The summed E-state index contributed by atoms with van der Waals surface area (Å²) in [5, 5.41) is 2.68. The Morgan fingerprint density at radius 2 is 1.76 bits per heavy atom. The normalized spacial score (nSPS) is 10.0. The zero-order valence-corrected chi connectivity index (χ0v) is 12.1. The number of anilines is 1. The Kier molecular flexibility index (Phi) is 5.15. The Balaban J connectivity index is 1.83. The van der Waals surface area contributed by atoms with E-state index in [9.17, 15) is 4.79 Å². The highest BCUT2D eigenvalue weighted by molar-refractivity contribution is 5.90. The van der Waals surface area contributed by atoms with Crippen molar-refractivity contribution in [1.29, 1.82) is 0 Å². The van der Waals surface area contributed by atoms with Gasteiger partial charge in [0.15, 0.2) is 6.61 Å². The molecule has 0 spiro atoms. The number of carbonyl (C=O) groups excluding carboxylic acids is 1. The van der Waals surface area contributed by atoms with Gasteiger partial charge in [-0.15, -0.1) is 0 Å². The van der Waals surface area contributed by atoms with E-state index in [1.165, 1.54) is 0 Å². The molecule has 0 radical (unpaired) electrons. The van der Waals surface area contributed by atoms with E-state index in [0.717, 1.165) is 11.4 Å². The molecule has 0 saturated carbocycles. The first-order valence-electron chi connectivity index (χ1n) is 6.76. The number of aromatic nitrogens is 1. The van der Waals surface area contributed by atoms with Gasteiger partial charge >= 0.3 is 0 Å². The molecule has 1 amide bonds. The topological polar surface area (TPSA) is 60.5 Å². The lowest BCUT2D eigenvalue weighted by Crippen LogP contribution is -2.20. The highest BCUT2D eigenvalue weighted by atomic mass is 16.5. The van der Waals surface area contributed by atoms with Gasteiger partial charge in [-0.25, -0.2) is 4.98 Å². The number of ether oxygens (including phenoxy) is 2. The smallest absolute Gasteiger partial charge is 0.263 e. The molecule has 0 bridgehead atoms. The van der Waals surface area contributed by atoms with Crippen LogP contribution in [-0.2, 0) is 4.79 Å². The maximum Gasteiger partial charge on any atom is 0.263 e. The van der Waals surface area contributed by atoms with Crippen LogP contribution >= 0.6 is 0 Å². The second-order valence-corrected chi connectivity index (χ2v) is 4.41. The fraction of sp³-hybridized carbons (Fsp3) is 0.250. The van der Waals surface area contributed by atoms with Crippen LogP contribution in [0, 0.1) is 6.92 Å². The van der Waals surface area contributed by atoms with E-state index in [1.807, 2.05) is 26.0 Å². The Morgan fingerprint density at radius 3 is 2.38 bits per heavy atom. The first kappa shape index (κ1) is 14.8. The third-order valence-electron chi connectivity index (χ3n) is 2.66.